The van der Waals surface area contributed by atoms with E-state index in [0.29, 0.717) is 30.2 Å². The van der Waals surface area contributed by atoms with Crippen molar-refractivity contribution >= 4 is 38.9 Å². The number of anilines is 2. The van der Waals surface area contributed by atoms with Crippen LogP contribution >= 0.6 is 11.6 Å². The van der Waals surface area contributed by atoms with Crippen molar-refractivity contribution in [3.05, 3.63) is 47.1 Å². The number of aromatic nitrogens is 1. The second-order valence-corrected chi connectivity index (χ2v) is 8.22. The number of sulfonamides is 1. The number of hydrogen-bond acceptors (Lipinski definition) is 5. The van der Waals surface area contributed by atoms with Gasteiger partial charge < -0.3 is 10.1 Å². The molecule has 1 N–H and O–H groups in total. The van der Waals surface area contributed by atoms with Crippen LogP contribution in [0, 0.1) is 0 Å². The zero-order valence-electron chi connectivity index (χ0n) is 14.1. The smallest absolute Gasteiger partial charge is 0.257 e. The number of carbonyl (C=O) groups is 1. The first-order chi connectivity index (χ1) is 12.4. The second-order valence-electron chi connectivity index (χ2n) is 5.80. The van der Waals surface area contributed by atoms with E-state index >= 15 is 0 Å². The van der Waals surface area contributed by atoms with Crippen molar-refractivity contribution in [1.29, 1.82) is 0 Å². The molecule has 0 bridgehead atoms. The maximum Gasteiger partial charge on any atom is 0.257 e. The van der Waals surface area contributed by atoms with Crippen molar-refractivity contribution in [2.75, 3.05) is 29.0 Å². The highest BCUT2D eigenvalue weighted by molar-refractivity contribution is 7.92. The van der Waals surface area contributed by atoms with Crippen molar-refractivity contribution in [3.63, 3.8) is 0 Å². The number of pyridine rings is 1. The number of rotatable bonds is 4. The van der Waals surface area contributed by atoms with Gasteiger partial charge >= 0.3 is 0 Å². The molecule has 0 spiro atoms. The largest absolute Gasteiger partial charge is 0.481 e. The number of carbonyl (C=O) groups excluding carboxylic acids is 1. The molecule has 0 radical (unpaired) electrons. The normalized spacial score (nSPS) is 16.2. The van der Waals surface area contributed by atoms with Gasteiger partial charge in [-0.2, -0.15) is 0 Å². The first-order valence-corrected chi connectivity index (χ1v) is 10.0. The number of halogens is 1. The predicted octanol–water partition coefficient (Wildman–Crippen LogP) is 2.93. The zero-order chi connectivity index (χ0) is 18.7. The van der Waals surface area contributed by atoms with Crippen LogP contribution in [0.5, 0.6) is 5.88 Å². The molecule has 1 fully saturated rings. The van der Waals surface area contributed by atoms with E-state index in [4.69, 9.17) is 16.3 Å². The van der Waals surface area contributed by atoms with E-state index in [1.54, 1.807) is 18.2 Å². The summed E-state index contributed by atoms with van der Waals surface area (Å²) in [5.41, 5.74) is 1.11. The van der Waals surface area contributed by atoms with E-state index in [2.05, 4.69) is 10.3 Å². The Bertz CT molecular complexity index is 916. The summed E-state index contributed by atoms with van der Waals surface area (Å²) in [7, 11) is -1.86. The monoisotopic (exact) mass is 395 g/mol. The van der Waals surface area contributed by atoms with Gasteiger partial charge in [-0.3, -0.25) is 9.10 Å². The summed E-state index contributed by atoms with van der Waals surface area (Å²) in [6.07, 6.45) is 2.88. The summed E-state index contributed by atoms with van der Waals surface area (Å²) in [5, 5.41) is 2.93. The maximum absolute atomic E-state index is 12.6. The molecular formula is C17H18ClN3O4S. The van der Waals surface area contributed by atoms with Crippen LogP contribution < -0.4 is 14.4 Å². The molecule has 138 valence electrons. The average Bonchev–Trinajstić information content (AvgIpc) is 2.62. The fourth-order valence-corrected chi connectivity index (χ4v) is 4.53. The molecule has 1 saturated heterocycles. The quantitative estimate of drug-likeness (QED) is 0.859. The molecule has 9 heteroatoms. The fourth-order valence-electron chi connectivity index (χ4n) is 2.69. The Labute approximate surface area is 157 Å². The van der Waals surface area contributed by atoms with Crippen LogP contribution in [-0.4, -0.2) is 38.7 Å². The molecule has 0 atom stereocenters. The Morgan fingerprint density at radius 3 is 2.73 bits per heavy atom. The molecule has 2 aromatic rings. The molecule has 0 aliphatic carbocycles. The fraction of sp³-hybridized carbons (Fsp3) is 0.294. The lowest BCUT2D eigenvalue weighted by Gasteiger charge is -2.28. The van der Waals surface area contributed by atoms with Gasteiger partial charge in [-0.15, -0.1) is 0 Å². The van der Waals surface area contributed by atoms with Gasteiger partial charge in [0.15, 0.2) is 0 Å². The van der Waals surface area contributed by atoms with Crippen molar-refractivity contribution in [2.24, 2.45) is 0 Å². The average molecular weight is 396 g/mol. The predicted molar refractivity (Wildman–Crippen MR) is 101 cm³/mol. The summed E-state index contributed by atoms with van der Waals surface area (Å²) in [5.74, 6) is 0.0888. The SMILES string of the molecule is COc1ccc(NC(=O)c2cc(N3CCCCS3(=O)=O)ccc2Cl)cn1. The minimum atomic E-state index is -3.36. The van der Waals surface area contributed by atoms with Gasteiger partial charge in [0, 0.05) is 12.6 Å². The highest BCUT2D eigenvalue weighted by Gasteiger charge is 2.27. The number of ether oxygens (including phenoxy) is 1. The lowest BCUT2D eigenvalue weighted by Crippen LogP contribution is -2.38. The number of benzene rings is 1. The van der Waals surface area contributed by atoms with Crippen LogP contribution in [0.2, 0.25) is 5.02 Å². The Hall–Kier alpha value is -2.32. The molecule has 1 aromatic heterocycles. The Morgan fingerprint density at radius 2 is 2.08 bits per heavy atom. The molecule has 7 nitrogen and oxygen atoms in total. The van der Waals surface area contributed by atoms with E-state index in [0.717, 1.165) is 6.42 Å². The van der Waals surface area contributed by atoms with Crippen molar-refractivity contribution in [1.82, 2.24) is 4.98 Å². The summed E-state index contributed by atoms with van der Waals surface area (Å²) < 4.78 is 30.8. The molecule has 0 unspecified atom stereocenters. The van der Waals surface area contributed by atoms with Crippen molar-refractivity contribution in [3.8, 4) is 5.88 Å². The van der Waals surface area contributed by atoms with Gasteiger partial charge in [0.2, 0.25) is 15.9 Å². The van der Waals surface area contributed by atoms with Crippen molar-refractivity contribution in [2.45, 2.75) is 12.8 Å². The van der Waals surface area contributed by atoms with Gasteiger partial charge in [-0.25, -0.2) is 13.4 Å². The van der Waals surface area contributed by atoms with Gasteiger partial charge in [0.1, 0.15) is 0 Å². The summed E-state index contributed by atoms with van der Waals surface area (Å²) in [6.45, 7) is 0.396. The molecule has 2 heterocycles. The lowest BCUT2D eigenvalue weighted by molar-refractivity contribution is 0.102. The zero-order valence-corrected chi connectivity index (χ0v) is 15.7. The number of nitrogens with zero attached hydrogens (tertiary/aromatic N) is 2. The molecule has 1 aliphatic heterocycles. The molecule has 3 rings (SSSR count). The standard InChI is InChI=1S/C17H18ClN3O4S/c1-25-16-7-4-12(11-19-16)20-17(22)14-10-13(5-6-15(14)18)21-8-2-3-9-26(21,23)24/h4-7,10-11H,2-3,8-9H2,1H3,(H,20,22). The van der Waals surface area contributed by atoms with E-state index in [1.165, 1.54) is 29.7 Å². The minimum Gasteiger partial charge on any atom is -0.481 e. The lowest BCUT2D eigenvalue weighted by atomic mass is 10.1. The molecule has 26 heavy (non-hydrogen) atoms. The van der Waals surface area contributed by atoms with Crippen LogP contribution in [0.15, 0.2) is 36.5 Å². The summed E-state index contributed by atoms with van der Waals surface area (Å²) in [6, 6.07) is 7.90. The number of hydrogen-bond donors (Lipinski definition) is 1. The third-order valence-electron chi connectivity index (χ3n) is 4.04. The van der Waals surface area contributed by atoms with E-state index < -0.39 is 15.9 Å². The number of methoxy groups -OCH3 is 1. The molecule has 1 aromatic carbocycles. The molecule has 1 amide bonds. The van der Waals surface area contributed by atoms with Crippen LogP contribution in [0.1, 0.15) is 23.2 Å². The third-order valence-corrected chi connectivity index (χ3v) is 6.23. The second kappa shape index (κ2) is 7.51. The maximum atomic E-state index is 12.6. The van der Waals surface area contributed by atoms with Gasteiger partial charge in [-0.05, 0) is 37.1 Å². The highest BCUT2D eigenvalue weighted by atomic mass is 35.5. The van der Waals surface area contributed by atoms with Crippen LogP contribution in [0.4, 0.5) is 11.4 Å². The minimum absolute atomic E-state index is 0.106. The molecule has 0 saturated carbocycles. The highest BCUT2D eigenvalue weighted by Crippen LogP contribution is 2.28. The van der Waals surface area contributed by atoms with Gasteiger partial charge in [0.05, 0.1) is 41.0 Å². The molecule has 1 aliphatic rings. The Balaban J connectivity index is 1.85. The summed E-state index contributed by atoms with van der Waals surface area (Å²) in [4.78, 5) is 16.6. The third kappa shape index (κ3) is 3.91. The van der Waals surface area contributed by atoms with Gasteiger partial charge in [0.25, 0.3) is 5.91 Å². The van der Waals surface area contributed by atoms with Crippen molar-refractivity contribution < 1.29 is 17.9 Å². The molecular weight excluding hydrogens is 378 g/mol. The van der Waals surface area contributed by atoms with E-state index in [9.17, 15) is 13.2 Å². The van der Waals surface area contributed by atoms with Crippen LogP contribution in [0.25, 0.3) is 0 Å². The number of nitrogens with one attached hydrogen (secondary N) is 1. The summed E-state index contributed by atoms with van der Waals surface area (Å²) >= 11 is 6.15. The Morgan fingerprint density at radius 1 is 1.27 bits per heavy atom. The van der Waals surface area contributed by atoms with Crippen LogP contribution in [0.3, 0.4) is 0 Å². The van der Waals surface area contributed by atoms with E-state index in [-0.39, 0.29) is 16.3 Å². The Kier molecular flexibility index (Phi) is 5.33. The number of amides is 1. The van der Waals surface area contributed by atoms with E-state index in [1.807, 2.05) is 0 Å². The van der Waals surface area contributed by atoms with Gasteiger partial charge in [-0.1, -0.05) is 11.6 Å². The first-order valence-electron chi connectivity index (χ1n) is 8.02. The van der Waals surface area contributed by atoms with Crippen LogP contribution in [-0.2, 0) is 10.0 Å². The first kappa shape index (κ1) is 18.5. The topological polar surface area (TPSA) is 88.6 Å².